The van der Waals surface area contributed by atoms with Gasteiger partial charge in [-0.05, 0) is 48.2 Å². The monoisotopic (exact) mass is 464 g/mol. The summed E-state index contributed by atoms with van der Waals surface area (Å²) in [5, 5.41) is 2.95. The topological polar surface area (TPSA) is 83.6 Å². The van der Waals surface area contributed by atoms with Gasteiger partial charge in [0.1, 0.15) is 0 Å². The van der Waals surface area contributed by atoms with Gasteiger partial charge in [0.05, 0.1) is 18.5 Å². The molecule has 0 radical (unpaired) electrons. The third-order valence-corrected chi connectivity index (χ3v) is 6.56. The largest absolute Gasteiger partial charge is 0.351 e. The maximum absolute atomic E-state index is 12.5. The molecule has 0 unspecified atom stereocenters. The maximum atomic E-state index is 12.5. The lowest BCUT2D eigenvalue weighted by Crippen LogP contribution is -2.29. The lowest BCUT2D eigenvalue weighted by molar-refractivity contribution is 0.0950. The molecule has 1 atom stereocenters. The minimum absolute atomic E-state index is 0.0904. The first-order chi connectivity index (χ1) is 15.6. The van der Waals surface area contributed by atoms with Crippen molar-refractivity contribution in [2.24, 2.45) is 0 Å². The van der Waals surface area contributed by atoms with Gasteiger partial charge in [0.2, 0.25) is 10.0 Å². The van der Waals surface area contributed by atoms with Gasteiger partial charge >= 0.3 is 0 Å². The molecule has 0 aromatic heterocycles. The van der Waals surface area contributed by atoms with E-state index in [1.165, 1.54) is 11.2 Å². The van der Waals surface area contributed by atoms with Crippen molar-refractivity contribution >= 4 is 27.4 Å². The molecule has 3 aromatic carbocycles. The first-order valence-electron chi connectivity index (χ1n) is 10.7. The lowest BCUT2D eigenvalue weighted by Gasteiger charge is -2.23. The van der Waals surface area contributed by atoms with Gasteiger partial charge in [-0.1, -0.05) is 61.5 Å². The zero-order valence-corrected chi connectivity index (χ0v) is 19.8. The van der Waals surface area contributed by atoms with E-state index in [1.807, 2.05) is 30.3 Å². The molecule has 172 valence electrons. The molecule has 0 saturated heterocycles. The quantitative estimate of drug-likeness (QED) is 0.476. The maximum Gasteiger partial charge on any atom is 0.251 e. The molecule has 1 N–H and O–H groups in total. The molecule has 7 heteroatoms. The summed E-state index contributed by atoms with van der Waals surface area (Å²) in [6, 6.07) is 23.4. The number of nitrogens with zero attached hydrogens (tertiary/aromatic N) is 1. The van der Waals surface area contributed by atoms with Gasteiger partial charge in [-0.2, -0.15) is 0 Å². The average molecular weight is 465 g/mol. The number of carbonyl (C=O) groups is 2. The van der Waals surface area contributed by atoms with Crippen molar-refractivity contribution in [1.29, 1.82) is 0 Å². The Bertz CT molecular complexity index is 1220. The van der Waals surface area contributed by atoms with Crippen molar-refractivity contribution in [2.45, 2.75) is 26.3 Å². The predicted octanol–water partition coefficient (Wildman–Crippen LogP) is 4.39. The second-order valence-corrected chi connectivity index (χ2v) is 10.0. The van der Waals surface area contributed by atoms with E-state index < -0.39 is 10.0 Å². The average Bonchev–Trinajstić information content (AvgIpc) is 2.81. The minimum Gasteiger partial charge on any atom is -0.351 e. The van der Waals surface area contributed by atoms with E-state index in [2.05, 4.69) is 12.2 Å². The van der Waals surface area contributed by atoms with Gasteiger partial charge in [-0.25, -0.2) is 8.42 Å². The number of Topliss-reactive ketones (excluding diaryl/α,β-unsaturated/α-hetero) is 1. The summed E-state index contributed by atoms with van der Waals surface area (Å²) in [6.45, 7) is 4.10. The van der Waals surface area contributed by atoms with Gasteiger partial charge in [0.15, 0.2) is 5.78 Å². The highest BCUT2D eigenvalue weighted by Crippen LogP contribution is 2.22. The molecule has 0 heterocycles. The molecule has 0 fully saturated rings. The molecular formula is C26H28N2O4S. The SMILES string of the molecule is CC(=O)c1cccc(N(Cc2ccc(C(=O)NC[C@H](C)c3ccccc3)cc2)S(C)(=O)=O)c1. The fourth-order valence-corrected chi connectivity index (χ4v) is 4.33. The van der Waals surface area contributed by atoms with Crippen molar-refractivity contribution in [3.8, 4) is 0 Å². The van der Waals surface area contributed by atoms with E-state index >= 15 is 0 Å². The molecule has 3 rings (SSSR count). The van der Waals surface area contributed by atoms with Crippen molar-refractivity contribution in [2.75, 3.05) is 17.1 Å². The van der Waals surface area contributed by atoms with Gasteiger partial charge in [-0.15, -0.1) is 0 Å². The highest BCUT2D eigenvalue weighted by Gasteiger charge is 2.19. The smallest absolute Gasteiger partial charge is 0.251 e. The summed E-state index contributed by atoms with van der Waals surface area (Å²) in [6.07, 6.45) is 1.13. The first-order valence-corrected chi connectivity index (χ1v) is 12.5. The van der Waals surface area contributed by atoms with Gasteiger partial charge < -0.3 is 5.32 Å². The number of ketones is 1. The second-order valence-electron chi connectivity index (χ2n) is 8.09. The van der Waals surface area contributed by atoms with Crippen LogP contribution >= 0.6 is 0 Å². The van der Waals surface area contributed by atoms with E-state index in [0.717, 1.165) is 17.4 Å². The van der Waals surface area contributed by atoms with Crippen LogP contribution in [0.15, 0.2) is 78.9 Å². The molecule has 1 amide bonds. The molecule has 0 aliphatic carbocycles. The fraction of sp³-hybridized carbons (Fsp3) is 0.231. The van der Waals surface area contributed by atoms with Crippen molar-refractivity contribution in [3.63, 3.8) is 0 Å². The van der Waals surface area contributed by atoms with Gasteiger partial charge in [-0.3, -0.25) is 13.9 Å². The Hall–Kier alpha value is -3.45. The minimum atomic E-state index is -3.59. The highest BCUT2D eigenvalue weighted by molar-refractivity contribution is 7.92. The Morgan fingerprint density at radius 2 is 1.58 bits per heavy atom. The highest BCUT2D eigenvalue weighted by atomic mass is 32.2. The summed E-state index contributed by atoms with van der Waals surface area (Å²) < 4.78 is 26.1. The summed E-state index contributed by atoms with van der Waals surface area (Å²) in [5.74, 6) is -0.135. The van der Waals surface area contributed by atoms with Crippen LogP contribution in [0.1, 0.15) is 51.6 Å². The number of anilines is 1. The van der Waals surface area contributed by atoms with Crippen molar-refractivity contribution in [3.05, 3.63) is 101 Å². The molecule has 0 aliphatic rings. The molecule has 0 saturated carbocycles. The van der Waals surface area contributed by atoms with Crippen LogP contribution in [0.5, 0.6) is 0 Å². The molecule has 0 bridgehead atoms. The zero-order chi connectivity index (χ0) is 24.0. The number of carbonyl (C=O) groups excluding carboxylic acids is 2. The number of benzene rings is 3. The number of amides is 1. The first kappa shape index (κ1) is 24.2. The number of nitrogens with one attached hydrogen (secondary N) is 1. The van der Waals surface area contributed by atoms with E-state index in [4.69, 9.17) is 0 Å². The van der Waals surface area contributed by atoms with Crippen LogP contribution in [0.25, 0.3) is 0 Å². The Kier molecular flexibility index (Phi) is 7.66. The number of rotatable bonds is 9. The standard InChI is InChI=1S/C26H28N2O4S/c1-19(22-8-5-4-6-9-22)17-27-26(30)23-14-12-21(13-15-23)18-28(33(3,31)32)25-11-7-10-24(16-25)20(2)29/h4-16,19H,17-18H2,1-3H3,(H,27,30)/t19-/m0/s1. The second kappa shape index (κ2) is 10.4. The van der Waals surface area contributed by atoms with Crippen LogP contribution in [-0.2, 0) is 16.6 Å². The molecule has 33 heavy (non-hydrogen) atoms. The fourth-order valence-electron chi connectivity index (χ4n) is 3.45. The predicted molar refractivity (Wildman–Crippen MR) is 131 cm³/mol. The number of hydrogen-bond acceptors (Lipinski definition) is 4. The van der Waals surface area contributed by atoms with E-state index in [1.54, 1.807) is 48.5 Å². The van der Waals surface area contributed by atoms with E-state index in [9.17, 15) is 18.0 Å². The Morgan fingerprint density at radius 1 is 0.909 bits per heavy atom. The van der Waals surface area contributed by atoms with Crippen LogP contribution in [-0.4, -0.2) is 32.9 Å². The third kappa shape index (κ3) is 6.52. The number of sulfonamides is 1. The Labute approximate surface area is 195 Å². The summed E-state index contributed by atoms with van der Waals surface area (Å²) in [4.78, 5) is 24.2. The van der Waals surface area contributed by atoms with Crippen LogP contribution < -0.4 is 9.62 Å². The molecule has 0 aliphatic heterocycles. The van der Waals surface area contributed by atoms with Crippen LogP contribution in [0.3, 0.4) is 0 Å². The number of hydrogen-bond donors (Lipinski definition) is 1. The van der Waals surface area contributed by atoms with Gasteiger partial charge in [0, 0.05) is 17.7 Å². The third-order valence-electron chi connectivity index (χ3n) is 5.42. The summed E-state index contributed by atoms with van der Waals surface area (Å²) >= 11 is 0. The van der Waals surface area contributed by atoms with E-state index in [0.29, 0.717) is 23.4 Å². The normalized spacial score (nSPS) is 12.1. The van der Waals surface area contributed by atoms with Crippen molar-refractivity contribution in [1.82, 2.24) is 5.32 Å². The molecule has 0 spiro atoms. The zero-order valence-electron chi connectivity index (χ0n) is 19.0. The lowest BCUT2D eigenvalue weighted by atomic mass is 10.0. The Morgan fingerprint density at radius 3 is 2.18 bits per heavy atom. The molecule has 3 aromatic rings. The summed E-state index contributed by atoms with van der Waals surface area (Å²) in [5.41, 5.74) is 3.24. The molecular weight excluding hydrogens is 436 g/mol. The van der Waals surface area contributed by atoms with E-state index in [-0.39, 0.29) is 24.2 Å². The van der Waals surface area contributed by atoms with Crippen molar-refractivity contribution < 1.29 is 18.0 Å². The van der Waals surface area contributed by atoms with Gasteiger partial charge in [0.25, 0.3) is 5.91 Å². The molecule has 6 nitrogen and oxygen atoms in total. The van der Waals surface area contributed by atoms with Crippen LogP contribution in [0, 0.1) is 0 Å². The Balaban J connectivity index is 1.69. The van der Waals surface area contributed by atoms with Crippen LogP contribution in [0.2, 0.25) is 0 Å². The summed E-state index contributed by atoms with van der Waals surface area (Å²) in [7, 11) is -3.59. The van der Waals surface area contributed by atoms with Crippen LogP contribution in [0.4, 0.5) is 5.69 Å².